The van der Waals surface area contributed by atoms with Crippen LogP contribution in [0.15, 0.2) is 0 Å². The molecule has 0 aromatic rings. The van der Waals surface area contributed by atoms with Crippen molar-refractivity contribution in [1.29, 1.82) is 0 Å². The fourth-order valence-electron chi connectivity index (χ4n) is 1.57. The summed E-state index contributed by atoms with van der Waals surface area (Å²) in [5.41, 5.74) is 0. The quantitative estimate of drug-likeness (QED) is 0.640. The third-order valence-electron chi connectivity index (χ3n) is 2.47. The minimum absolute atomic E-state index is 0.180. The molecule has 0 radical (unpaired) electrons. The SMILES string of the molecule is CCCC(NC(C)CCS(C)=O)C(=O)OCC. The Labute approximate surface area is 107 Å². The monoisotopic (exact) mass is 263 g/mol. The molecular weight excluding hydrogens is 238 g/mol. The summed E-state index contributed by atoms with van der Waals surface area (Å²) in [6, 6.07) is -0.0555. The van der Waals surface area contributed by atoms with Crippen LogP contribution in [0.25, 0.3) is 0 Å². The van der Waals surface area contributed by atoms with Crippen LogP contribution in [0.1, 0.15) is 40.0 Å². The summed E-state index contributed by atoms with van der Waals surface area (Å²) in [6.07, 6.45) is 4.21. The lowest BCUT2D eigenvalue weighted by molar-refractivity contribution is -0.146. The summed E-state index contributed by atoms with van der Waals surface area (Å²) in [6.45, 7) is 6.27. The highest BCUT2D eigenvalue weighted by Gasteiger charge is 2.20. The fraction of sp³-hybridized carbons (Fsp3) is 0.917. The zero-order chi connectivity index (χ0) is 13.3. The van der Waals surface area contributed by atoms with Crippen LogP contribution in [-0.4, -0.2) is 40.9 Å². The minimum atomic E-state index is -0.775. The molecule has 5 heteroatoms. The summed E-state index contributed by atoms with van der Waals surface area (Å²) in [7, 11) is -0.775. The molecule has 0 heterocycles. The molecular formula is C12H25NO3S. The normalized spacial score (nSPS) is 16.2. The number of rotatable bonds is 9. The smallest absolute Gasteiger partial charge is 0.323 e. The molecule has 4 nitrogen and oxygen atoms in total. The van der Waals surface area contributed by atoms with Gasteiger partial charge in [0.05, 0.1) is 6.61 Å². The van der Waals surface area contributed by atoms with Crippen molar-refractivity contribution in [2.45, 2.75) is 52.1 Å². The van der Waals surface area contributed by atoms with Crippen molar-refractivity contribution in [3.8, 4) is 0 Å². The van der Waals surface area contributed by atoms with Gasteiger partial charge < -0.3 is 10.1 Å². The van der Waals surface area contributed by atoms with Gasteiger partial charge in [0.25, 0.3) is 0 Å². The Balaban J connectivity index is 4.13. The molecule has 1 N–H and O–H groups in total. The molecule has 3 unspecified atom stereocenters. The van der Waals surface area contributed by atoms with Crippen molar-refractivity contribution in [3.05, 3.63) is 0 Å². The maximum absolute atomic E-state index is 11.7. The molecule has 102 valence electrons. The van der Waals surface area contributed by atoms with Crippen LogP contribution in [0.5, 0.6) is 0 Å². The molecule has 0 aliphatic heterocycles. The maximum atomic E-state index is 11.7. The van der Waals surface area contributed by atoms with Crippen LogP contribution in [0.4, 0.5) is 0 Å². The van der Waals surface area contributed by atoms with Crippen molar-refractivity contribution < 1.29 is 13.7 Å². The van der Waals surface area contributed by atoms with Gasteiger partial charge in [0.15, 0.2) is 0 Å². The van der Waals surface area contributed by atoms with Crippen molar-refractivity contribution in [3.63, 3.8) is 0 Å². The summed E-state index contributed by atoms with van der Waals surface area (Å²) < 4.78 is 16.0. The van der Waals surface area contributed by atoms with Gasteiger partial charge in [0.2, 0.25) is 0 Å². The van der Waals surface area contributed by atoms with Crippen molar-refractivity contribution in [2.24, 2.45) is 0 Å². The molecule has 0 aliphatic carbocycles. The molecule has 3 atom stereocenters. The first-order valence-corrected chi connectivity index (χ1v) is 7.96. The molecule has 0 aromatic carbocycles. The van der Waals surface area contributed by atoms with Gasteiger partial charge in [-0.15, -0.1) is 0 Å². The van der Waals surface area contributed by atoms with Crippen LogP contribution < -0.4 is 5.32 Å². The number of hydrogen-bond donors (Lipinski definition) is 1. The predicted molar refractivity (Wildman–Crippen MR) is 71.5 cm³/mol. The van der Waals surface area contributed by atoms with E-state index in [1.54, 1.807) is 6.26 Å². The van der Waals surface area contributed by atoms with E-state index < -0.39 is 10.8 Å². The number of carbonyl (C=O) groups excluding carboxylic acids is 1. The highest BCUT2D eigenvalue weighted by atomic mass is 32.2. The van der Waals surface area contributed by atoms with Crippen LogP contribution in [-0.2, 0) is 20.3 Å². The number of carbonyl (C=O) groups is 1. The summed E-state index contributed by atoms with van der Waals surface area (Å²) in [5.74, 6) is 0.481. The topological polar surface area (TPSA) is 55.4 Å². The van der Waals surface area contributed by atoms with E-state index in [0.29, 0.717) is 12.4 Å². The van der Waals surface area contributed by atoms with Gasteiger partial charge in [-0.05, 0) is 26.7 Å². The van der Waals surface area contributed by atoms with E-state index in [-0.39, 0.29) is 18.1 Å². The zero-order valence-corrected chi connectivity index (χ0v) is 12.1. The molecule has 0 fully saturated rings. The largest absolute Gasteiger partial charge is 0.465 e. The van der Waals surface area contributed by atoms with E-state index >= 15 is 0 Å². The summed E-state index contributed by atoms with van der Waals surface area (Å²) in [5, 5.41) is 3.25. The Kier molecular flexibility index (Phi) is 9.36. The van der Waals surface area contributed by atoms with Gasteiger partial charge >= 0.3 is 5.97 Å². The third kappa shape index (κ3) is 8.32. The Morgan fingerprint density at radius 1 is 1.35 bits per heavy atom. The van der Waals surface area contributed by atoms with E-state index in [0.717, 1.165) is 19.3 Å². The van der Waals surface area contributed by atoms with Gasteiger partial charge in [-0.3, -0.25) is 9.00 Å². The fourth-order valence-corrected chi connectivity index (χ4v) is 2.26. The van der Waals surface area contributed by atoms with E-state index in [9.17, 15) is 9.00 Å². The molecule has 0 saturated heterocycles. The minimum Gasteiger partial charge on any atom is -0.465 e. The van der Waals surface area contributed by atoms with E-state index in [1.165, 1.54) is 0 Å². The number of esters is 1. The van der Waals surface area contributed by atoms with Crippen LogP contribution in [0.2, 0.25) is 0 Å². The van der Waals surface area contributed by atoms with E-state index in [4.69, 9.17) is 4.74 Å². The van der Waals surface area contributed by atoms with Crippen molar-refractivity contribution >= 4 is 16.8 Å². The number of ether oxygens (including phenoxy) is 1. The first-order valence-electron chi connectivity index (χ1n) is 6.23. The zero-order valence-electron chi connectivity index (χ0n) is 11.3. The molecule has 17 heavy (non-hydrogen) atoms. The van der Waals surface area contributed by atoms with Crippen molar-refractivity contribution in [2.75, 3.05) is 18.6 Å². The van der Waals surface area contributed by atoms with Crippen LogP contribution >= 0.6 is 0 Å². The summed E-state index contributed by atoms with van der Waals surface area (Å²) >= 11 is 0. The van der Waals surface area contributed by atoms with Crippen LogP contribution in [0.3, 0.4) is 0 Å². The van der Waals surface area contributed by atoms with Gasteiger partial charge in [0, 0.05) is 28.9 Å². The lowest BCUT2D eigenvalue weighted by Crippen LogP contribution is -2.43. The highest BCUT2D eigenvalue weighted by molar-refractivity contribution is 7.84. The first-order chi connectivity index (χ1) is 8.01. The third-order valence-corrected chi connectivity index (χ3v) is 3.28. The van der Waals surface area contributed by atoms with Gasteiger partial charge in [-0.2, -0.15) is 0 Å². The second kappa shape index (κ2) is 9.59. The highest BCUT2D eigenvalue weighted by Crippen LogP contribution is 2.03. The average molecular weight is 263 g/mol. The lowest BCUT2D eigenvalue weighted by Gasteiger charge is -2.21. The molecule has 0 spiro atoms. The second-order valence-electron chi connectivity index (χ2n) is 4.23. The van der Waals surface area contributed by atoms with Crippen molar-refractivity contribution in [1.82, 2.24) is 5.32 Å². The molecule has 0 rings (SSSR count). The first kappa shape index (κ1) is 16.6. The Morgan fingerprint density at radius 3 is 2.47 bits per heavy atom. The molecule has 0 aliphatic rings. The Hall–Kier alpha value is -0.420. The van der Waals surface area contributed by atoms with E-state index in [1.807, 2.05) is 20.8 Å². The molecule has 0 aromatic heterocycles. The van der Waals surface area contributed by atoms with Crippen LogP contribution in [0, 0.1) is 0 Å². The van der Waals surface area contributed by atoms with Gasteiger partial charge in [-0.25, -0.2) is 0 Å². The molecule has 0 saturated carbocycles. The van der Waals surface area contributed by atoms with Gasteiger partial charge in [0.1, 0.15) is 6.04 Å². The second-order valence-corrected chi connectivity index (χ2v) is 5.78. The number of nitrogens with one attached hydrogen (secondary N) is 1. The predicted octanol–water partition coefficient (Wildman–Crippen LogP) is 1.46. The Morgan fingerprint density at radius 2 is 2.00 bits per heavy atom. The van der Waals surface area contributed by atoms with E-state index in [2.05, 4.69) is 5.32 Å². The average Bonchev–Trinajstić information content (AvgIpc) is 2.26. The standard InChI is InChI=1S/C12H25NO3S/c1-5-7-11(12(14)16-6-2)13-10(3)8-9-17(4)15/h10-11,13H,5-9H2,1-4H3. The summed E-state index contributed by atoms with van der Waals surface area (Å²) in [4.78, 5) is 11.7. The number of hydrogen-bond acceptors (Lipinski definition) is 4. The Bertz CT molecular complexity index is 246. The maximum Gasteiger partial charge on any atom is 0.323 e. The lowest BCUT2D eigenvalue weighted by atomic mass is 10.1. The molecule has 0 amide bonds. The van der Waals surface area contributed by atoms with Gasteiger partial charge in [-0.1, -0.05) is 13.3 Å². The molecule has 0 bridgehead atoms.